The lowest BCUT2D eigenvalue weighted by atomic mass is 9.74. The van der Waals surface area contributed by atoms with E-state index < -0.39 is 0 Å². The number of aromatic hydroxyl groups is 1. The van der Waals surface area contributed by atoms with Crippen LogP contribution in [0.3, 0.4) is 0 Å². The second-order valence-electron chi connectivity index (χ2n) is 9.38. The van der Waals surface area contributed by atoms with E-state index in [2.05, 4.69) is 27.7 Å². The van der Waals surface area contributed by atoms with Crippen LogP contribution < -0.4 is 5.69 Å². The first kappa shape index (κ1) is 28.8. The number of hydrogen-bond donors (Lipinski definition) is 2. The lowest BCUT2D eigenvalue weighted by Crippen LogP contribution is -2.40. The van der Waals surface area contributed by atoms with Crippen LogP contribution in [0.25, 0.3) is 0 Å². The summed E-state index contributed by atoms with van der Waals surface area (Å²) in [4.78, 5) is 12.7. The number of rotatable bonds is 19. The summed E-state index contributed by atoms with van der Waals surface area (Å²) in [6.07, 6.45) is 13.9. The fourth-order valence-electron chi connectivity index (χ4n) is 5.18. The van der Waals surface area contributed by atoms with Gasteiger partial charge in [0.2, 0.25) is 5.88 Å². The molecule has 0 saturated carbocycles. The molecule has 0 spiro atoms. The van der Waals surface area contributed by atoms with E-state index in [-0.39, 0.29) is 17.1 Å². The molecule has 1 rings (SSSR count). The van der Waals surface area contributed by atoms with Crippen LogP contribution in [0.15, 0.2) is 11.0 Å². The second-order valence-corrected chi connectivity index (χ2v) is 9.38. The Labute approximate surface area is 196 Å². The van der Waals surface area contributed by atoms with Crippen molar-refractivity contribution in [1.82, 2.24) is 9.13 Å². The predicted molar refractivity (Wildman–Crippen MR) is 132 cm³/mol. The van der Waals surface area contributed by atoms with Gasteiger partial charge in [0.1, 0.15) is 0 Å². The van der Waals surface area contributed by atoms with E-state index in [0.29, 0.717) is 18.6 Å². The Morgan fingerprint density at radius 1 is 0.844 bits per heavy atom. The zero-order valence-corrected chi connectivity index (χ0v) is 21.5. The van der Waals surface area contributed by atoms with Gasteiger partial charge in [-0.1, -0.05) is 47.0 Å². The highest BCUT2D eigenvalue weighted by molar-refractivity contribution is 5.10. The van der Waals surface area contributed by atoms with Crippen LogP contribution in [0.1, 0.15) is 112 Å². The summed E-state index contributed by atoms with van der Waals surface area (Å²) in [6, 6.07) is 0. The topological polar surface area (TPSA) is 76.6 Å². The summed E-state index contributed by atoms with van der Waals surface area (Å²) in [7, 11) is 0. The first-order valence-corrected chi connectivity index (χ1v) is 13.1. The van der Waals surface area contributed by atoms with Crippen LogP contribution in [-0.4, -0.2) is 39.2 Å². The Hall–Kier alpha value is -1.27. The largest absolute Gasteiger partial charge is 0.493 e. The van der Waals surface area contributed by atoms with Crippen LogP contribution in [0.2, 0.25) is 0 Å². The van der Waals surface area contributed by atoms with Gasteiger partial charge in [-0.2, -0.15) is 0 Å². The third kappa shape index (κ3) is 7.65. The van der Waals surface area contributed by atoms with E-state index in [0.717, 1.165) is 64.6 Å². The van der Waals surface area contributed by atoms with E-state index in [1.54, 1.807) is 15.3 Å². The third-order valence-corrected chi connectivity index (χ3v) is 7.86. The van der Waals surface area contributed by atoms with Gasteiger partial charge in [0.25, 0.3) is 0 Å². The number of unbranched alkanes of at least 4 members (excludes halogenated alkanes) is 2. The molecule has 2 N–H and O–H groups in total. The number of hydrogen-bond acceptors (Lipinski definition) is 4. The summed E-state index contributed by atoms with van der Waals surface area (Å²) in [5.74, 6) is 0.0750. The first-order valence-electron chi connectivity index (χ1n) is 13.1. The monoisotopic (exact) mass is 454 g/mol. The molecule has 0 saturated heterocycles. The number of ether oxygens (including phenoxy) is 1. The molecule has 0 aliphatic carbocycles. The smallest absolute Gasteiger partial charge is 0.331 e. The van der Waals surface area contributed by atoms with Gasteiger partial charge >= 0.3 is 5.69 Å². The number of aryl methyl sites for hydroxylation is 1. The molecule has 32 heavy (non-hydrogen) atoms. The molecular formula is C26H50N2O4. The fourth-order valence-corrected chi connectivity index (χ4v) is 5.18. The maximum Gasteiger partial charge on any atom is 0.331 e. The van der Waals surface area contributed by atoms with Crippen molar-refractivity contribution in [3.63, 3.8) is 0 Å². The Morgan fingerprint density at radius 3 is 1.88 bits per heavy atom. The number of nitrogens with zero attached hydrogens (tertiary/aromatic N) is 2. The van der Waals surface area contributed by atoms with Gasteiger partial charge in [-0.25, -0.2) is 4.79 Å². The van der Waals surface area contributed by atoms with Crippen molar-refractivity contribution in [2.75, 3.05) is 19.8 Å². The third-order valence-electron chi connectivity index (χ3n) is 7.86. The number of aliphatic hydroxyl groups is 1. The van der Waals surface area contributed by atoms with Crippen molar-refractivity contribution in [1.29, 1.82) is 0 Å². The summed E-state index contributed by atoms with van der Waals surface area (Å²) in [5.41, 5.74) is -0.0637. The highest BCUT2D eigenvalue weighted by Gasteiger charge is 2.32. The Kier molecular flexibility index (Phi) is 13.3. The molecule has 1 aromatic heterocycles. The van der Waals surface area contributed by atoms with Crippen molar-refractivity contribution in [3.8, 4) is 5.88 Å². The van der Waals surface area contributed by atoms with Crippen LogP contribution in [0, 0.1) is 5.41 Å². The van der Waals surface area contributed by atoms with Crippen molar-refractivity contribution in [2.24, 2.45) is 5.41 Å². The van der Waals surface area contributed by atoms with Gasteiger partial charge in [-0.15, -0.1) is 0 Å². The molecule has 0 amide bonds. The summed E-state index contributed by atoms with van der Waals surface area (Å²) in [6.45, 7) is 13.1. The SMILES string of the molecule is CCn1cc(O)n(C(CC)(CC)CCCCOCCCCC(CC)(CC)CCCO)c1=O. The van der Waals surface area contributed by atoms with E-state index in [4.69, 9.17) is 9.84 Å². The van der Waals surface area contributed by atoms with Crippen molar-refractivity contribution < 1.29 is 14.9 Å². The summed E-state index contributed by atoms with van der Waals surface area (Å²) in [5, 5.41) is 19.6. The van der Waals surface area contributed by atoms with E-state index in [1.165, 1.54) is 25.7 Å². The Balaban J connectivity index is 2.40. The van der Waals surface area contributed by atoms with Crippen LogP contribution in [0.4, 0.5) is 0 Å². The predicted octanol–water partition coefficient (Wildman–Crippen LogP) is 5.83. The highest BCUT2D eigenvalue weighted by Crippen LogP contribution is 2.37. The molecule has 0 unspecified atom stereocenters. The van der Waals surface area contributed by atoms with Gasteiger partial charge in [0.15, 0.2) is 0 Å². The summed E-state index contributed by atoms with van der Waals surface area (Å²) >= 11 is 0. The molecule has 6 heteroatoms. The standard InChI is InChI=1S/C26H50N2O4/c1-6-25(7-2,17-15-19-29)16-11-13-20-32-21-14-12-18-26(8-3,9-4)28-23(30)22-27(10-5)24(28)31/h22,29-30H,6-21H2,1-5H3. The molecule has 0 aromatic carbocycles. The summed E-state index contributed by atoms with van der Waals surface area (Å²) < 4.78 is 9.08. The highest BCUT2D eigenvalue weighted by atomic mass is 16.5. The molecule has 0 aliphatic rings. The fraction of sp³-hybridized carbons (Fsp3) is 0.885. The molecular weight excluding hydrogens is 404 g/mol. The molecule has 0 bridgehead atoms. The average molecular weight is 455 g/mol. The maximum absolute atomic E-state index is 12.7. The Morgan fingerprint density at radius 2 is 1.41 bits per heavy atom. The van der Waals surface area contributed by atoms with E-state index >= 15 is 0 Å². The van der Waals surface area contributed by atoms with E-state index in [1.807, 2.05) is 6.92 Å². The average Bonchev–Trinajstić information content (AvgIpc) is 3.11. The molecule has 1 aromatic rings. The van der Waals surface area contributed by atoms with Gasteiger partial charge in [-0.3, -0.25) is 9.13 Å². The quantitative estimate of drug-likeness (QED) is 0.258. The zero-order valence-electron chi connectivity index (χ0n) is 21.5. The number of imidazole rings is 1. The second kappa shape index (κ2) is 14.8. The molecule has 188 valence electrons. The van der Waals surface area contributed by atoms with Gasteiger partial charge in [-0.05, 0) is 70.1 Å². The lowest BCUT2D eigenvalue weighted by Gasteiger charge is -2.33. The van der Waals surface area contributed by atoms with Gasteiger partial charge in [0, 0.05) is 26.4 Å². The van der Waals surface area contributed by atoms with Crippen LogP contribution >= 0.6 is 0 Å². The first-order chi connectivity index (χ1) is 15.4. The van der Waals surface area contributed by atoms with Crippen molar-refractivity contribution in [3.05, 3.63) is 16.7 Å². The van der Waals surface area contributed by atoms with Crippen molar-refractivity contribution in [2.45, 2.75) is 124 Å². The number of aliphatic hydroxyl groups excluding tert-OH is 1. The molecule has 0 aliphatic heterocycles. The lowest BCUT2D eigenvalue weighted by molar-refractivity contribution is 0.113. The van der Waals surface area contributed by atoms with Crippen molar-refractivity contribution >= 4 is 0 Å². The molecule has 0 fully saturated rings. The number of aromatic nitrogens is 2. The zero-order chi connectivity index (χ0) is 24.0. The van der Waals surface area contributed by atoms with Crippen LogP contribution in [0.5, 0.6) is 5.88 Å². The molecule has 6 nitrogen and oxygen atoms in total. The van der Waals surface area contributed by atoms with Gasteiger partial charge < -0.3 is 14.9 Å². The molecule has 0 atom stereocenters. The maximum atomic E-state index is 12.7. The normalized spacial score (nSPS) is 12.6. The van der Waals surface area contributed by atoms with E-state index in [9.17, 15) is 9.90 Å². The molecule has 0 radical (unpaired) electrons. The minimum Gasteiger partial charge on any atom is -0.493 e. The minimum absolute atomic E-state index is 0.0750. The minimum atomic E-state index is -0.334. The van der Waals surface area contributed by atoms with Crippen LogP contribution in [-0.2, 0) is 16.8 Å². The van der Waals surface area contributed by atoms with Gasteiger partial charge in [0.05, 0.1) is 11.7 Å². The molecule has 1 heterocycles. The Bertz CT molecular complexity index is 672.